The van der Waals surface area contributed by atoms with Crippen molar-refractivity contribution in [1.29, 1.82) is 0 Å². The van der Waals surface area contributed by atoms with Crippen molar-refractivity contribution >= 4 is 16.9 Å². The molecule has 0 unspecified atom stereocenters. The second-order valence-corrected chi connectivity index (χ2v) is 4.53. The predicted octanol–water partition coefficient (Wildman–Crippen LogP) is 3.49. The van der Waals surface area contributed by atoms with Crippen LogP contribution in [0.4, 0.5) is 10.3 Å². The summed E-state index contributed by atoms with van der Waals surface area (Å²) in [6, 6.07) is 10.2. The number of ether oxygens (including phenoxy) is 1. The van der Waals surface area contributed by atoms with Crippen LogP contribution in [0.25, 0.3) is 22.0 Å². The third-order valence-electron chi connectivity index (χ3n) is 3.29. The zero-order valence-corrected chi connectivity index (χ0v) is 11.7. The monoisotopic (exact) mass is 283 g/mol. The summed E-state index contributed by atoms with van der Waals surface area (Å²) in [5.74, 6) is 0.894. The molecule has 5 heteroatoms. The van der Waals surface area contributed by atoms with Gasteiger partial charge in [0, 0.05) is 18.6 Å². The summed E-state index contributed by atoms with van der Waals surface area (Å²) in [4.78, 5) is 8.67. The van der Waals surface area contributed by atoms with Gasteiger partial charge in [-0.3, -0.25) is 0 Å². The summed E-state index contributed by atoms with van der Waals surface area (Å²) in [5, 5.41) is 3.72. The second kappa shape index (κ2) is 5.36. The molecule has 2 aromatic carbocycles. The summed E-state index contributed by atoms with van der Waals surface area (Å²) < 4.78 is 18.8. The fourth-order valence-electron chi connectivity index (χ4n) is 2.29. The number of nitrogens with one attached hydrogen (secondary N) is 1. The maximum Gasteiger partial charge on any atom is 0.223 e. The first-order chi connectivity index (χ1) is 10.2. The molecule has 3 aromatic rings. The summed E-state index contributed by atoms with van der Waals surface area (Å²) in [5.41, 5.74) is 2.34. The number of aromatic nitrogens is 2. The largest absolute Gasteiger partial charge is 0.494 e. The summed E-state index contributed by atoms with van der Waals surface area (Å²) in [7, 11) is 3.35. The average molecular weight is 283 g/mol. The van der Waals surface area contributed by atoms with Crippen LogP contribution in [0.2, 0.25) is 0 Å². The van der Waals surface area contributed by atoms with Crippen molar-refractivity contribution in [3.63, 3.8) is 0 Å². The molecule has 0 saturated carbocycles. The van der Waals surface area contributed by atoms with E-state index in [1.54, 1.807) is 26.4 Å². The van der Waals surface area contributed by atoms with Gasteiger partial charge in [-0.05, 0) is 35.4 Å². The van der Waals surface area contributed by atoms with Gasteiger partial charge in [-0.15, -0.1) is 0 Å². The number of anilines is 1. The number of fused-ring (bicyclic) bond motifs is 1. The van der Waals surface area contributed by atoms with Crippen molar-refractivity contribution in [2.24, 2.45) is 0 Å². The molecule has 1 N–H and O–H groups in total. The van der Waals surface area contributed by atoms with E-state index in [4.69, 9.17) is 4.74 Å². The Morgan fingerprint density at radius 2 is 2.05 bits per heavy atom. The van der Waals surface area contributed by atoms with E-state index in [2.05, 4.69) is 15.3 Å². The molecule has 0 atom stereocenters. The molecular weight excluding hydrogens is 269 g/mol. The van der Waals surface area contributed by atoms with Crippen molar-refractivity contribution in [2.75, 3.05) is 19.5 Å². The fraction of sp³-hybridized carbons (Fsp3) is 0.125. The summed E-state index contributed by atoms with van der Waals surface area (Å²) in [6.07, 6.45) is 1.72. The van der Waals surface area contributed by atoms with Gasteiger partial charge in [0.2, 0.25) is 5.95 Å². The average Bonchev–Trinajstić information content (AvgIpc) is 2.53. The lowest BCUT2D eigenvalue weighted by atomic mass is 10.0. The maximum absolute atomic E-state index is 13.5. The van der Waals surface area contributed by atoms with Crippen LogP contribution in [0.1, 0.15) is 0 Å². The standard InChI is InChI=1S/C16H14FN3O/c1-18-16-19-9-13-12(10-4-3-5-11(17)8-10)6-7-14(21-2)15(13)20-16/h3-9H,1-2H3,(H,18,19,20). The number of benzene rings is 2. The lowest BCUT2D eigenvalue weighted by Crippen LogP contribution is -1.98. The Kier molecular flexibility index (Phi) is 3.39. The molecule has 0 spiro atoms. The molecule has 0 fully saturated rings. The van der Waals surface area contributed by atoms with Crippen LogP contribution in [0.5, 0.6) is 5.75 Å². The van der Waals surface area contributed by atoms with E-state index < -0.39 is 0 Å². The normalized spacial score (nSPS) is 10.6. The van der Waals surface area contributed by atoms with Crippen LogP contribution in [0, 0.1) is 5.82 Å². The molecule has 1 heterocycles. The highest BCUT2D eigenvalue weighted by molar-refractivity contribution is 5.97. The lowest BCUT2D eigenvalue weighted by molar-refractivity contribution is 0.419. The van der Waals surface area contributed by atoms with E-state index in [1.807, 2.05) is 18.2 Å². The predicted molar refractivity (Wildman–Crippen MR) is 81.0 cm³/mol. The molecule has 106 valence electrons. The van der Waals surface area contributed by atoms with Gasteiger partial charge in [0.15, 0.2) is 0 Å². The molecular formula is C16H14FN3O. The van der Waals surface area contributed by atoms with Gasteiger partial charge in [-0.2, -0.15) is 0 Å². The van der Waals surface area contributed by atoms with Crippen LogP contribution in [0.3, 0.4) is 0 Å². The highest BCUT2D eigenvalue weighted by Crippen LogP contribution is 2.33. The van der Waals surface area contributed by atoms with Gasteiger partial charge in [0.25, 0.3) is 0 Å². The minimum Gasteiger partial charge on any atom is -0.494 e. The minimum absolute atomic E-state index is 0.274. The van der Waals surface area contributed by atoms with Crippen molar-refractivity contribution < 1.29 is 9.13 Å². The van der Waals surface area contributed by atoms with Crippen LogP contribution >= 0.6 is 0 Å². The molecule has 0 saturated heterocycles. The quantitative estimate of drug-likeness (QED) is 0.799. The van der Waals surface area contributed by atoms with Gasteiger partial charge >= 0.3 is 0 Å². The smallest absolute Gasteiger partial charge is 0.223 e. The molecule has 0 radical (unpaired) electrons. The van der Waals surface area contributed by atoms with Crippen LogP contribution in [0.15, 0.2) is 42.6 Å². The van der Waals surface area contributed by atoms with Crippen molar-refractivity contribution in [3.8, 4) is 16.9 Å². The van der Waals surface area contributed by atoms with Gasteiger partial charge < -0.3 is 10.1 Å². The Balaban J connectivity index is 2.29. The first-order valence-electron chi connectivity index (χ1n) is 6.50. The zero-order chi connectivity index (χ0) is 14.8. The molecule has 0 aliphatic rings. The molecule has 4 nitrogen and oxygen atoms in total. The zero-order valence-electron chi connectivity index (χ0n) is 11.7. The first kappa shape index (κ1) is 13.3. The Morgan fingerprint density at radius 3 is 2.76 bits per heavy atom. The number of nitrogens with zero attached hydrogens (tertiary/aromatic N) is 2. The number of rotatable bonds is 3. The van der Waals surface area contributed by atoms with Crippen LogP contribution in [-0.2, 0) is 0 Å². The highest BCUT2D eigenvalue weighted by atomic mass is 19.1. The highest BCUT2D eigenvalue weighted by Gasteiger charge is 2.11. The lowest BCUT2D eigenvalue weighted by Gasteiger charge is -2.11. The Bertz CT molecular complexity index is 805. The maximum atomic E-state index is 13.5. The second-order valence-electron chi connectivity index (χ2n) is 4.53. The van der Waals surface area contributed by atoms with E-state index in [1.165, 1.54) is 12.1 Å². The number of methoxy groups -OCH3 is 1. The molecule has 3 rings (SSSR count). The van der Waals surface area contributed by atoms with E-state index in [0.717, 1.165) is 16.5 Å². The molecule has 0 amide bonds. The van der Waals surface area contributed by atoms with Gasteiger partial charge in [-0.25, -0.2) is 14.4 Å². The Morgan fingerprint density at radius 1 is 1.19 bits per heavy atom. The topological polar surface area (TPSA) is 47.0 Å². The summed E-state index contributed by atoms with van der Waals surface area (Å²) >= 11 is 0. The first-order valence-corrected chi connectivity index (χ1v) is 6.50. The van der Waals surface area contributed by atoms with E-state index in [-0.39, 0.29) is 5.82 Å². The van der Waals surface area contributed by atoms with E-state index in [9.17, 15) is 4.39 Å². The van der Waals surface area contributed by atoms with Crippen molar-refractivity contribution in [2.45, 2.75) is 0 Å². The van der Waals surface area contributed by atoms with Crippen molar-refractivity contribution in [3.05, 3.63) is 48.4 Å². The van der Waals surface area contributed by atoms with Gasteiger partial charge in [0.1, 0.15) is 17.1 Å². The minimum atomic E-state index is -0.274. The fourth-order valence-corrected chi connectivity index (χ4v) is 2.29. The SMILES string of the molecule is CNc1ncc2c(-c3cccc(F)c3)ccc(OC)c2n1. The van der Waals surface area contributed by atoms with Crippen molar-refractivity contribution in [1.82, 2.24) is 9.97 Å². The van der Waals surface area contributed by atoms with Crippen LogP contribution < -0.4 is 10.1 Å². The molecule has 21 heavy (non-hydrogen) atoms. The van der Waals surface area contributed by atoms with Gasteiger partial charge in [-0.1, -0.05) is 12.1 Å². The molecule has 0 bridgehead atoms. The number of halogens is 1. The summed E-state index contributed by atoms with van der Waals surface area (Å²) in [6.45, 7) is 0. The third-order valence-corrected chi connectivity index (χ3v) is 3.29. The molecule has 0 aliphatic carbocycles. The number of hydrogen-bond acceptors (Lipinski definition) is 4. The van der Waals surface area contributed by atoms with Crippen LogP contribution in [-0.4, -0.2) is 24.1 Å². The van der Waals surface area contributed by atoms with Gasteiger partial charge in [0.05, 0.1) is 7.11 Å². The van der Waals surface area contributed by atoms with E-state index in [0.29, 0.717) is 17.2 Å². The molecule has 1 aromatic heterocycles. The van der Waals surface area contributed by atoms with E-state index >= 15 is 0 Å². The number of hydrogen-bond donors (Lipinski definition) is 1. The Labute approximate surface area is 121 Å². The third kappa shape index (κ3) is 2.38. The Hall–Kier alpha value is -2.69. The molecule has 0 aliphatic heterocycles.